The Morgan fingerprint density at radius 1 is 1.47 bits per heavy atom. The highest BCUT2D eigenvalue weighted by Crippen LogP contribution is 2.41. The summed E-state index contributed by atoms with van der Waals surface area (Å²) in [4.78, 5) is 11.3. The van der Waals surface area contributed by atoms with Gasteiger partial charge < -0.3 is 20.3 Å². The van der Waals surface area contributed by atoms with Gasteiger partial charge in [0.05, 0.1) is 20.1 Å². The van der Waals surface area contributed by atoms with Crippen molar-refractivity contribution in [2.75, 3.05) is 20.8 Å². The van der Waals surface area contributed by atoms with Crippen molar-refractivity contribution in [3.05, 3.63) is 21.7 Å². The monoisotopic (exact) mass is 331 g/mol. The van der Waals surface area contributed by atoms with E-state index in [-0.39, 0.29) is 6.54 Å². The van der Waals surface area contributed by atoms with Crippen molar-refractivity contribution in [1.82, 2.24) is 0 Å². The molecule has 0 aliphatic rings. The molecule has 0 bridgehead atoms. The van der Waals surface area contributed by atoms with Gasteiger partial charge in [-0.25, -0.2) is 0 Å². The second kappa shape index (κ2) is 6.77. The summed E-state index contributed by atoms with van der Waals surface area (Å²) in [6.07, 6.45) is 0.623. The standard InChI is InChI=1S/C13H18BrNO4/c1-4-7-11(8(6-15)13(16)17)9(14)5-10(18-2)12(7)19-3/h5,8H,4,6,15H2,1-3H3,(H,16,17). The van der Waals surface area contributed by atoms with E-state index in [4.69, 9.17) is 15.2 Å². The van der Waals surface area contributed by atoms with Gasteiger partial charge in [-0.3, -0.25) is 4.79 Å². The molecule has 0 aromatic heterocycles. The molecule has 0 radical (unpaired) electrons. The number of hydrogen-bond acceptors (Lipinski definition) is 4. The van der Waals surface area contributed by atoms with Crippen LogP contribution in [0.15, 0.2) is 10.5 Å². The van der Waals surface area contributed by atoms with Crippen LogP contribution in [0.2, 0.25) is 0 Å². The Morgan fingerprint density at radius 3 is 2.47 bits per heavy atom. The van der Waals surface area contributed by atoms with Crippen LogP contribution in [0.5, 0.6) is 11.5 Å². The number of hydrogen-bond donors (Lipinski definition) is 2. The summed E-state index contributed by atoms with van der Waals surface area (Å²) in [5.41, 5.74) is 7.03. The first kappa shape index (κ1) is 15.8. The Balaban J connectivity index is 3.58. The van der Waals surface area contributed by atoms with Crippen LogP contribution in [0.25, 0.3) is 0 Å². The van der Waals surface area contributed by atoms with E-state index in [1.54, 1.807) is 13.2 Å². The predicted octanol–water partition coefficient (Wildman–Crippen LogP) is 2.16. The van der Waals surface area contributed by atoms with Crippen molar-refractivity contribution >= 4 is 21.9 Å². The third kappa shape index (κ3) is 3.01. The van der Waals surface area contributed by atoms with Crippen LogP contribution in [0, 0.1) is 0 Å². The molecule has 1 atom stereocenters. The lowest BCUT2D eigenvalue weighted by Gasteiger charge is -2.21. The molecule has 5 nitrogen and oxygen atoms in total. The fourth-order valence-electron chi connectivity index (χ4n) is 2.12. The van der Waals surface area contributed by atoms with E-state index >= 15 is 0 Å². The second-order valence-corrected chi connectivity index (χ2v) is 4.82. The molecule has 0 aliphatic heterocycles. The highest BCUT2D eigenvalue weighted by atomic mass is 79.9. The van der Waals surface area contributed by atoms with Crippen molar-refractivity contribution in [3.63, 3.8) is 0 Å². The molecule has 0 amide bonds. The molecule has 19 heavy (non-hydrogen) atoms. The first-order valence-corrected chi connectivity index (χ1v) is 6.67. The molecule has 6 heteroatoms. The Kier molecular flexibility index (Phi) is 5.62. The molecule has 0 fully saturated rings. The zero-order valence-corrected chi connectivity index (χ0v) is 12.8. The van der Waals surface area contributed by atoms with E-state index in [1.807, 2.05) is 6.92 Å². The van der Waals surface area contributed by atoms with Crippen LogP contribution in [-0.4, -0.2) is 31.8 Å². The topological polar surface area (TPSA) is 81.8 Å². The summed E-state index contributed by atoms with van der Waals surface area (Å²) in [5, 5.41) is 9.29. The van der Waals surface area contributed by atoms with Gasteiger partial charge in [-0.2, -0.15) is 0 Å². The number of methoxy groups -OCH3 is 2. The van der Waals surface area contributed by atoms with Crippen LogP contribution < -0.4 is 15.2 Å². The number of halogens is 1. The number of carboxylic acids is 1. The number of aliphatic carboxylic acids is 1. The van der Waals surface area contributed by atoms with Crippen molar-refractivity contribution in [1.29, 1.82) is 0 Å². The van der Waals surface area contributed by atoms with Crippen molar-refractivity contribution in [3.8, 4) is 11.5 Å². The predicted molar refractivity (Wildman–Crippen MR) is 76.1 cm³/mol. The molecular weight excluding hydrogens is 314 g/mol. The Labute approximate surface area is 120 Å². The molecule has 1 aromatic carbocycles. The van der Waals surface area contributed by atoms with E-state index < -0.39 is 11.9 Å². The van der Waals surface area contributed by atoms with Gasteiger partial charge in [-0.15, -0.1) is 0 Å². The normalized spacial score (nSPS) is 12.1. The summed E-state index contributed by atoms with van der Waals surface area (Å²) >= 11 is 3.40. The Hall–Kier alpha value is -1.27. The third-order valence-electron chi connectivity index (χ3n) is 3.00. The molecule has 106 valence electrons. The van der Waals surface area contributed by atoms with Gasteiger partial charge in [0, 0.05) is 16.6 Å². The molecule has 1 rings (SSSR count). The van der Waals surface area contributed by atoms with Gasteiger partial charge in [0.25, 0.3) is 0 Å². The van der Waals surface area contributed by atoms with Crippen LogP contribution in [0.3, 0.4) is 0 Å². The highest BCUT2D eigenvalue weighted by Gasteiger charge is 2.27. The van der Waals surface area contributed by atoms with Gasteiger partial charge in [0.15, 0.2) is 11.5 Å². The van der Waals surface area contributed by atoms with Gasteiger partial charge in [0.2, 0.25) is 0 Å². The number of ether oxygens (including phenoxy) is 2. The number of carbonyl (C=O) groups is 1. The van der Waals surface area contributed by atoms with E-state index in [2.05, 4.69) is 15.9 Å². The van der Waals surface area contributed by atoms with Crippen molar-refractivity contribution in [2.24, 2.45) is 5.73 Å². The SMILES string of the molecule is CCc1c(OC)c(OC)cc(Br)c1C(CN)C(=O)O. The second-order valence-electron chi connectivity index (χ2n) is 3.97. The minimum Gasteiger partial charge on any atom is -0.493 e. The zero-order valence-electron chi connectivity index (χ0n) is 11.2. The van der Waals surface area contributed by atoms with Crippen molar-refractivity contribution in [2.45, 2.75) is 19.3 Å². The number of benzene rings is 1. The summed E-state index contributed by atoms with van der Waals surface area (Å²) in [6.45, 7) is 1.96. The van der Waals surface area contributed by atoms with Crippen LogP contribution >= 0.6 is 15.9 Å². The number of nitrogens with two attached hydrogens (primary N) is 1. The molecule has 3 N–H and O–H groups in total. The third-order valence-corrected chi connectivity index (χ3v) is 3.65. The lowest BCUT2D eigenvalue weighted by atomic mass is 9.92. The molecular formula is C13H18BrNO4. The summed E-state index contributed by atoms with van der Waals surface area (Å²) in [7, 11) is 3.08. The molecule has 1 unspecified atom stereocenters. The molecule has 0 spiro atoms. The molecule has 1 aromatic rings. The molecule has 0 heterocycles. The number of rotatable bonds is 6. The summed E-state index contributed by atoms with van der Waals surface area (Å²) < 4.78 is 11.3. The van der Waals surface area contributed by atoms with E-state index in [1.165, 1.54) is 7.11 Å². The molecule has 0 saturated heterocycles. The average molecular weight is 332 g/mol. The van der Waals surface area contributed by atoms with Gasteiger partial charge in [0.1, 0.15) is 0 Å². The fraction of sp³-hybridized carbons (Fsp3) is 0.462. The van der Waals surface area contributed by atoms with Crippen LogP contribution in [-0.2, 0) is 11.2 Å². The van der Waals surface area contributed by atoms with Crippen LogP contribution in [0.1, 0.15) is 24.0 Å². The van der Waals surface area contributed by atoms with Gasteiger partial charge >= 0.3 is 5.97 Å². The van der Waals surface area contributed by atoms with E-state index in [9.17, 15) is 9.90 Å². The Morgan fingerprint density at radius 2 is 2.11 bits per heavy atom. The lowest BCUT2D eigenvalue weighted by molar-refractivity contribution is -0.138. The summed E-state index contributed by atoms with van der Waals surface area (Å²) in [5.74, 6) is -0.603. The Bertz CT molecular complexity index is 476. The van der Waals surface area contributed by atoms with Gasteiger partial charge in [-0.05, 0) is 18.1 Å². The van der Waals surface area contributed by atoms with Gasteiger partial charge in [-0.1, -0.05) is 22.9 Å². The van der Waals surface area contributed by atoms with E-state index in [0.717, 1.165) is 5.56 Å². The first-order chi connectivity index (χ1) is 9.01. The van der Waals surface area contributed by atoms with E-state index in [0.29, 0.717) is 28.0 Å². The maximum atomic E-state index is 11.3. The maximum absolute atomic E-state index is 11.3. The highest BCUT2D eigenvalue weighted by molar-refractivity contribution is 9.10. The maximum Gasteiger partial charge on any atom is 0.312 e. The zero-order chi connectivity index (χ0) is 14.6. The number of carboxylic acid groups (broad SMARTS) is 1. The fourth-order valence-corrected chi connectivity index (χ4v) is 2.84. The first-order valence-electron chi connectivity index (χ1n) is 5.87. The largest absolute Gasteiger partial charge is 0.493 e. The minimum atomic E-state index is -0.954. The smallest absolute Gasteiger partial charge is 0.312 e. The van der Waals surface area contributed by atoms with Crippen LogP contribution in [0.4, 0.5) is 0 Å². The summed E-state index contributed by atoms with van der Waals surface area (Å²) in [6, 6.07) is 1.71. The minimum absolute atomic E-state index is 0.0242. The quantitative estimate of drug-likeness (QED) is 0.834. The van der Waals surface area contributed by atoms with Crippen molar-refractivity contribution < 1.29 is 19.4 Å². The average Bonchev–Trinajstić information content (AvgIpc) is 2.39. The molecule has 0 saturated carbocycles. The molecule has 0 aliphatic carbocycles. The lowest BCUT2D eigenvalue weighted by Crippen LogP contribution is -2.23.